The van der Waals surface area contributed by atoms with E-state index in [0.717, 1.165) is 6.54 Å². The van der Waals surface area contributed by atoms with E-state index < -0.39 is 0 Å². The van der Waals surface area contributed by atoms with Gasteiger partial charge in [0.15, 0.2) is 0 Å². The minimum atomic E-state index is -0.315. The van der Waals surface area contributed by atoms with Gasteiger partial charge < -0.3 is 10.6 Å². The Morgan fingerprint density at radius 3 is 2.84 bits per heavy atom. The Balaban J connectivity index is 2.21. The van der Waals surface area contributed by atoms with Gasteiger partial charge in [0.2, 0.25) is 0 Å². The number of anilines is 2. The normalized spacial score (nSPS) is 10.0. The third-order valence-corrected chi connectivity index (χ3v) is 2.67. The molecule has 2 heterocycles. The first-order valence-electron chi connectivity index (χ1n) is 5.82. The second kappa shape index (κ2) is 6.15. The summed E-state index contributed by atoms with van der Waals surface area (Å²) in [6, 6.07) is 6.89. The highest BCUT2D eigenvalue weighted by atomic mass is 35.5. The first kappa shape index (κ1) is 13.3. The van der Waals surface area contributed by atoms with Crippen LogP contribution < -0.4 is 10.6 Å². The molecular formula is C13H13ClN4O. The molecule has 0 aliphatic heterocycles. The number of hydrogen-bond donors (Lipinski definition) is 2. The van der Waals surface area contributed by atoms with Crippen LogP contribution in [-0.4, -0.2) is 22.4 Å². The Bertz CT molecular complexity index is 574. The van der Waals surface area contributed by atoms with Crippen molar-refractivity contribution >= 4 is 29.1 Å². The molecule has 5 nitrogen and oxygen atoms in total. The van der Waals surface area contributed by atoms with Crippen LogP contribution >= 0.6 is 11.6 Å². The van der Waals surface area contributed by atoms with E-state index in [1.54, 1.807) is 30.5 Å². The van der Waals surface area contributed by atoms with Gasteiger partial charge in [0, 0.05) is 18.9 Å². The molecule has 2 aromatic heterocycles. The van der Waals surface area contributed by atoms with E-state index in [2.05, 4.69) is 20.6 Å². The van der Waals surface area contributed by atoms with Gasteiger partial charge >= 0.3 is 0 Å². The van der Waals surface area contributed by atoms with Gasteiger partial charge in [-0.05, 0) is 25.1 Å². The molecule has 98 valence electrons. The number of pyridine rings is 2. The Kier molecular flexibility index (Phi) is 4.30. The quantitative estimate of drug-likeness (QED) is 0.901. The molecule has 6 heteroatoms. The minimum Gasteiger partial charge on any atom is -0.370 e. The zero-order valence-corrected chi connectivity index (χ0v) is 11.1. The monoisotopic (exact) mass is 276 g/mol. The van der Waals surface area contributed by atoms with Crippen molar-refractivity contribution < 1.29 is 4.79 Å². The van der Waals surface area contributed by atoms with Gasteiger partial charge in [-0.2, -0.15) is 0 Å². The Hall–Kier alpha value is -2.14. The van der Waals surface area contributed by atoms with E-state index in [0.29, 0.717) is 22.2 Å². The summed E-state index contributed by atoms with van der Waals surface area (Å²) < 4.78 is 0. The lowest BCUT2D eigenvalue weighted by atomic mass is 10.2. The van der Waals surface area contributed by atoms with Crippen molar-refractivity contribution in [2.75, 3.05) is 17.2 Å². The largest absolute Gasteiger partial charge is 0.370 e. The van der Waals surface area contributed by atoms with E-state index in [4.69, 9.17) is 11.6 Å². The van der Waals surface area contributed by atoms with Crippen LogP contribution in [0.2, 0.25) is 5.02 Å². The molecule has 0 aliphatic rings. The van der Waals surface area contributed by atoms with Crippen LogP contribution in [0.25, 0.3) is 0 Å². The lowest BCUT2D eigenvalue weighted by molar-refractivity contribution is 0.102. The second-order valence-electron chi connectivity index (χ2n) is 3.75. The standard InChI is InChI=1S/C13H13ClN4O/c1-2-15-12-7-9(10(14)8-17-12)13(19)18-11-5-3-4-6-16-11/h3-8H,2H2,1H3,(H,15,17)(H,16,18,19). The van der Waals surface area contributed by atoms with Gasteiger partial charge in [0.25, 0.3) is 5.91 Å². The number of carbonyl (C=O) groups excluding carboxylic acids is 1. The van der Waals surface area contributed by atoms with E-state index in [1.165, 1.54) is 6.20 Å². The van der Waals surface area contributed by atoms with Crippen molar-refractivity contribution in [1.82, 2.24) is 9.97 Å². The smallest absolute Gasteiger partial charge is 0.258 e. The number of carbonyl (C=O) groups is 1. The lowest BCUT2D eigenvalue weighted by Gasteiger charge is -2.08. The molecule has 2 rings (SSSR count). The third-order valence-electron chi connectivity index (χ3n) is 2.36. The summed E-state index contributed by atoms with van der Waals surface area (Å²) in [5.74, 6) is 0.772. The summed E-state index contributed by atoms with van der Waals surface area (Å²) in [4.78, 5) is 20.2. The average Bonchev–Trinajstić information content (AvgIpc) is 2.42. The number of nitrogens with one attached hydrogen (secondary N) is 2. The van der Waals surface area contributed by atoms with Crippen molar-refractivity contribution in [1.29, 1.82) is 0 Å². The van der Waals surface area contributed by atoms with Gasteiger partial charge in [-0.25, -0.2) is 9.97 Å². The van der Waals surface area contributed by atoms with Gasteiger partial charge in [-0.1, -0.05) is 17.7 Å². The highest BCUT2D eigenvalue weighted by molar-refractivity contribution is 6.34. The number of nitrogens with zero attached hydrogens (tertiary/aromatic N) is 2. The first-order chi connectivity index (χ1) is 9.20. The van der Waals surface area contributed by atoms with Crippen molar-refractivity contribution in [3.63, 3.8) is 0 Å². The van der Waals surface area contributed by atoms with Crippen LogP contribution in [0.4, 0.5) is 11.6 Å². The van der Waals surface area contributed by atoms with E-state index in [9.17, 15) is 4.79 Å². The van der Waals surface area contributed by atoms with Gasteiger partial charge in [-0.15, -0.1) is 0 Å². The molecule has 2 N–H and O–H groups in total. The summed E-state index contributed by atoms with van der Waals surface area (Å²) in [7, 11) is 0. The van der Waals surface area contributed by atoms with Gasteiger partial charge in [0.05, 0.1) is 10.6 Å². The summed E-state index contributed by atoms with van der Waals surface area (Å²) >= 11 is 5.99. The number of halogens is 1. The molecule has 0 fully saturated rings. The molecule has 0 bridgehead atoms. The maximum atomic E-state index is 12.1. The molecule has 0 saturated carbocycles. The maximum Gasteiger partial charge on any atom is 0.258 e. The summed E-state index contributed by atoms with van der Waals surface area (Å²) in [6.45, 7) is 2.67. The van der Waals surface area contributed by atoms with Crippen LogP contribution in [0.15, 0.2) is 36.7 Å². The van der Waals surface area contributed by atoms with Crippen molar-refractivity contribution in [2.45, 2.75) is 6.92 Å². The molecule has 0 radical (unpaired) electrons. The molecule has 0 unspecified atom stereocenters. The fourth-order valence-electron chi connectivity index (χ4n) is 1.51. The van der Waals surface area contributed by atoms with Gasteiger partial charge in [0.1, 0.15) is 11.6 Å². The predicted octanol–water partition coefficient (Wildman–Crippen LogP) is 2.81. The molecule has 0 spiro atoms. The van der Waals surface area contributed by atoms with E-state index in [-0.39, 0.29) is 5.91 Å². The number of amides is 1. The molecule has 0 aromatic carbocycles. The van der Waals surface area contributed by atoms with Crippen molar-refractivity contribution in [2.24, 2.45) is 0 Å². The summed E-state index contributed by atoms with van der Waals surface area (Å²) in [5, 5.41) is 6.01. The second-order valence-corrected chi connectivity index (χ2v) is 4.16. The zero-order valence-electron chi connectivity index (χ0n) is 10.4. The van der Waals surface area contributed by atoms with Gasteiger partial charge in [-0.3, -0.25) is 4.79 Å². The molecule has 0 saturated heterocycles. The third kappa shape index (κ3) is 3.42. The van der Waals surface area contributed by atoms with Crippen molar-refractivity contribution in [3.05, 3.63) is 47.2 Å². The van der Waals surface area contributed by atoms with Crippen LogP contribution in [0.1, 0.15) is 17.3 Å². The molecular weight excluding hydrogens is 264 g/mol. The molecule has 2 aromatic rings. The minimum absolute atomic E-state index is 0.301. The fraction of sp³-hybridized carbons (Fsp3) is 0.154. The SMILES string of the molecule is CCNc1cc(C(=O)Nc2ccccn2)c(Cl)cn1. The highest BCUT2D eigenvalue weighted by Crippen LogP contribution is 2.19. The van der Waals surface area contributed by atoms with Crippen LogP contribution in [0.5, 0.6) is 0 Å². The topological polar surface area (TPSA) is 66.9 Å². The van der Waals surface area contributed by atoms with Crippen LogP contribution in [0.3, 0.4) is 0 Å². The lowest BCUT2D eigenvalue weighted by Crippen LogP contribution is -2.14. The predicted molar refractivity (Wildman–Crippen MR) is 75.6 cm³/mol. The first-order valence-corrected chi connectivity index (χ1v) is 6.20. The molecule has 0 atom stereocenters. The Labute approximate surface area is 116 Å². The van der Waals surface area contributed by atoms with Crippen LogP contribution in [-0.2, 0) is 0 Å². The summed E-state index contributed by atoms with van der Waals surface area (Å²) in [5.41, 5.74) is 0.360. The Morgan fingerprint density at radius 2 is 2.16 bits per heavy atom. The molecule has 1 amide bonds. The number of aromatic nitrogens is 2. The maximum absolute atomic E-state index is 12.1. The highest BCUT2D eigenvalue weighted by Gasteiger charge is 2.12. The van der Waals surface area contributed by atoms with E-state index >= 15 is 0 Å². The fourth-order valence-corrected chi connectivity index (χ4v) is 1.70. The average molecular weight is 277 g/mol. The van der Waals surface area contributed by atoms with E-state index in [1.807, 2.05) is 6.92 Å². The zero-order chi connectivity index (χ0) is 13.7. The summed E-state index contributed by atoms with van der Waals surface area (Å²) in [6.07, 6.45) is 3.06. The molecule has 19 heavy (non-hydrogen) atoms. The van der Waals surface area contributed by atoms with Crippen LogP contribution in [0, 0.1) is 0 Å². The number of rotatable bonds is 4. The van der Waals surface area contributed by atoms with Crippen molar-refractivity contribution in [3.8, 4) is 0 Å². The molecule has 0 aliphatic carbocycles. The number of hydrogen-bond acceptors (Lipinski definition) is 4. The Morgan fingerprint density at radius 1 is 1.32 bits per heavy atom.